The molecule has 2 rings (SSSR count). The standard InChI is InChI=1S/C15H21F3N4O2S/c1-11-2-4-13(5-3-11)21-14(19)20-10-12-6-8-22(9-7-12)25(23,24)15(16,17)18/h2-5,12H,6-10H2,1H3,(H3,19,20,21). The molecule has 0 aromatic heterocycles. The number of piperidine rings is 1. The van der Waals surface area contributed by atoms with E-state index in [1.54, 1.807) is 0 Å². The Balaban J connectivity index is 1.84. The topological polar surface area (TPSA) is 87.8 Å². The van der Waals surface area contributed by atoms with Gasteiger partial charge < -0.3 is 11.1 Å². The maximum absolute atomic E-state index is 12.5. The van der Waals surface area contributed by atoms with Crippen LogP contribution in [0.1, 0.15) is 18.4 Å². The molecule has 0 unspecified atom stereocenters. The summed E-state index contributed by atoms with van der Waals surface area (Å²) in [7, 11) is -5.24. The number of nitrogens with one attached hydrogen (secondary N) is 1. The van der Waals surface area contributed by atoms with Crippen molar-refractivity contribution in [3.05, 3.63) is 29.8 Å². The fourth-order valence-corrected chi connectivity index (χ4v) is 3.51. The van der Waals surface area contributed by atoms with E-state index in [9.17, 15) is 21.6 Å². The smallest absolute Gasteiger partial charge is 0.370 e. The molecule has 1 heterocycles. The van der Waals surface area contributed by atoms with Crippen LogP contribution in [0.3, 0.4) is 0 Å². The molecule has 140 valence electrons. The number of hydrogen-bond donors (Lipinski definition) is 2. The largest absolute Gasteiger partial charge is 0.511 e. The Hall–Kier alpha value is -1.81. The van der Waals surface area contributed by atoms with Gasteiger partial charge in [-0.1, -0.05) is 17.7 Å². The molecular formula is C15H21F3N4O2S. The average Bonchev–Trinajstić information content (AvgIpc) is 2.54. The summed E-state index contributed by atoms with van der Waals surface area (Å²) in [6, 6.07) is 7.56. The number of nitrogens with two attached hydrogens (primary N) is 1. The lowest BCUT2D eigenvalue weighted by molar-refractivity contribution is -0.0496. The fraction of sp³-hybridized carbons (Fsp3) is 0.533. The summed E-state index contributed by atoms with van der Waals surface area (Å²) in [5.74, 6) is 0.215. The Kier molecular flexibility index (Phi) is 5.94. The van der Waals surface area contributed by atoms with Gasteiger partial charge in [-0.25, -0.2) is 8.42 Å². The third kappa shape index (κ3) is 5.08. The van der Waals surface area contributed by atoms with Gasteiger partial charge in [-0.05, 0) is 37.8 Å². The fourth-order valence-electron chi connectivity index (χ4n) is 2.53. The van der Waals surface area contributed by atoms with Crippen molar-refractivity contribution in [2.75, 3.05) is 25.0 Å². The first-order chi connectivity index (χ1) is 11.6. The summed E-state index contributed by atoms with van der Waals surface area (Å²) in [6.45, 7) is 1.98. The van der Waals surface area contributed by atoms with E-state index in [2.05, 4.69) is 10.3 Å². The number of aliphatic imine (C=N–C) groups is 1. The minimum atomic E-state index is -5.25. The molecule has 1 aliphatic heterocycles. The van der Waals surface area contributed by atoms with Gasteiger partial charge in [0.15, 0.2) is 5.96 Å². The van der Waals surface area contributed by atoms with Crippen molar-refractivity contribution in [1.29, 1.82) is 0 Å². The molecule has 0 amide bonds. The summed E-state index contributed by atoms with van der Waals surface area (Å²) in [5, 5.41) is 2.93. The third-order valence-corrected chi connectivity index (χ3v) is 5.68. The summed E-state index contributed by atoms with van der Waals surface area (Å²) in [6.07, 6.45) is 0.632. The minimum Gasteiger partial charge on any atom is -0.370 e. The Labute approximate surface area is 145 Å². The van der Waals surface area contributed by atoms with Gasteiger partial charge in [0.05, 0.1) is 0 Å². The SMILES string of the molecule is Cc1ccc(NC(N)=NCC2CCN(S(=O)(=O)C(F)(F)F)CC2)cc1. The first kappa shape index (κ1) is 19.5. The second-order valence-corrected chi connectivity index (χ2v) is 7.94. The number of guanidine groups is 1. The molecule has 3 N–H and O–H groups in total. The van der Waals surface area contributed by atoms with E-state index >= 15 is 0 Å². The lowest BCUT2D eigenvalue weighted by Crippen LogP contribution is -2.45. The first-order valence-corrected chi connectivity index (χ1v) is 9.23. The molecule has 0 bridgehead atoms. The van der Waals surface area contributed by atoms with E-state index in [4.69, 9.17) is 5.73 Å². The number of rotatable bonds is 4. The van der Waals surface area contributed by atoms with E-state index in [0.29, 0.717) is 23.7 Å². The highest BCUT2D eigenvalue weighted by molar-refractivity contribution is 7.90. The van der Waals surface area contributed by atoms with Crippen LogP contribution in [-0.4, -0.2) is 43.8 Å². The molecule has 0 atom stereocenters. The molecule has 25 heavy (non-hydrogen) atoms. The van der Waals surface area contributed by atoms with Crippen molar-refractivity contribution in [3.8, 4) is 0 Å². The molecule has 1 aromatic rings. The molecule has 1 aliphatic rings. The highest BCUT2D eigenvalue weighted by atomic mass is 32.2. The summed E-state index contributed by atoms with van der Waals surface area (Å²) in [4.78, 5) is 4.19. The molecule has 0 saturated carbocycles. The van der Waals surface area contributed by atoms with Crippen molar-refractivity contribution in [2.24, 2.45) is 16.6 Å². The average molecular weight is 378 g/mol. The molecule has 1 saturated heterocycles. The Bertz CT molecular complexity index is 709. The maximum atomic E-state index is 12.5. The number of halogens is 3. The van der Waals surface area contributed by atoms with E-state index in [1.807, 2.05) is 31.2 Å². The lowest BCUT2D eigenvalue weighted by Gasteiger charge is -2.30. The Morgan fingerprint density at radius 1 is 1.28 bits per heavy atom. The van der Waals surface area contributed by atoms with Crippen LogP contribution in [0, 0.1) is 12.8 Å². The minimum absolute atomic E-state index is 0.00180. The van der Waals surface area contributed by atoms with Crippen molar-refractivity contribution < 1.29 is 21.6 Å². The highest BCUT2D eigenvalue weighted by Crippen LogP contribution is 2.30. The van der Waals surface area contributed by atoms with Crippen LogP contribution in [0.25, 0.3) is 0 Å². The van der Waals surface area contributed by atoms with Crippen molar-refractivity contribution >= 4 is 21.7 Å². The summed E-state index contributed by atoms with van der Waals surface area (Å²) < 4.78 is 60.8. The van der Waals surface area contributed by atoms with Gasteiger partial charge in [0.25, 0.3) is 0 Å². The number of hydrogen-bond acceptors (Lipinski definition) is 3. The van der Waals surface area contributed by atoms with Gasteiger partial charge in [0, 0.05) is 25.3 Å². The molecule has 0 spiro atoms. The van der Waals surface area contributed by atoms with Crippen molar-refractivity contribution in [1.82, 2.24) is 4.31 Å². The normalized spacial score (nSPS) is 18.3. The van der Waals surface area contributed by atoms with Gasteiger partial charge in [-0.3, -0.25) is 4.99 Å². The Morgan fingerprint density at radius 3 is 2.36 bits per heavy atom. The molecule has 0 aliphatic carbocycles. The number of anilines is 1. The lowest BCUT2D eigenvalue weighted by atomic mass is 9.98. The summed E-state index contributed by atoms with van der Waals surface area (Å²) >= 11 is 0. The molecule has 0 radical (unpaired) electrons. The zero-order valence-electron chi connectivity index (χ0n) is 13.8. The molecule has 1 fully saturated rings. The van der Waals surface area contributed by atoms with Gasteiger partial charge in [-0.15, -0.1) is 0 Å². The van der Waals surface area contributed by atoms with Crippen LogP contribution in [-0.2, 0) is 10.0 Å². The van der Waals surface area contributed by atoms with Crippen LogP contribution >= 0.6 is 0 Å². The third-order valence-electron chi connectivity index (χ3n) is 4.05. The van der Waals surface area contributed by atoms with Crippen LogP contribution in [0.15, 0.2) is 29.3 Å². The van der Waals surface area contributed by atoms with Crippen LogP contribution in [0.2, 0.25) is 0 Å². The van der Waals surface area contributed by atoms with Crippen molar-refractivity contribution in [3.63, 3.8) is 0 Å². The van der Waals surface area contributed by atoms with E-state index in [1.165, 1.54) is 0 Å². The predicted octanol–water partition coefficient (Wildman–Crippen LogP) is 2.28. The molecule has 6 nitrogen and oxygen atoms in total. The second kappa shape index (κ2) is 7.61. The second-order valence-electron chi connectivity index (χ2n) is 6.01. The number of sulfonamides is 1. The van der Waals surface area contributed by atoms with Gasteiger partial charge >= 0.3 is 15.5 Å². The zero-order chi connectivity index (χ0) is 18.7. The van der Waals surface area contributed by atoms with Gasteiger partial charge in [-0.2, -0.15) is 17.5 Å². The van der Waals surface area contributed by atoms with Crippen LogP contribution in [0.4, 0.5) is 18.9 Å². The van der Waals surface area contributed by atoms with Crippen molar-refractivity contribution in [2.45, 2.75) is 25.3 Å². The maximum Gasteiger partial charge on any atom is 0.511 e. The zero-order valence-corrected chi connectivity index (χ0v) is 14.6. The number of aryl methyl sites for hydroxylation is 1. The predicted molar refractivity (Wildman–Crippen MR) is 90.6 cm³/mol. The quantitative estimate of drug-likeness (QED) is 0.622. The van der Waals surface area contributed by atoms with Crippen LogP contribution < -0.4 is 11.1 Å². The molecular weight excluding hydrogens is 357 g/mol. The highest BCUT2D eigenvalue weighted by Gasteiger charge is 2.50. The van der Waals surface area contributed by atoms with Crippen LogP contribution in [0.5, 0.6) is 0 Å². The number of benzene rings is 1. The van der Waals surface area contributed by atoms with E-state index in [0.717, 1.165) is 11.3 Å². The van der Waals surface area contributed by atoms with Gasteiger partial charge in [0.2, 0.25) is 0 Å². The van der Waals surface area contributed by atoms with E-state index in [-0.39, 0.29) is 25.0 Å². The molecule has 1 aromatic carbocycles. The van der Waals surface area contributed by atoms with Gasteiger partial charge in [0.1, 0.15) is 0 Å². The first-order valence-electron chi connectivity index (χ1n) is 7.79. The monoisotopic (exact) mass is 378 g/mol. The number of nitrogens with zero attached hydrogens (tertiary/aromatic N) is 2. The van der Waals surface area contributed by atoms with E-state index < -0.39 is 15.5 Å². The molecule has 10 heteroatoms. The summed E-state index contributed by atoms with van der Waals surface area (Å²) in [5.41, 5.74) is 2.45. The number of alkyl halides is 3. The Morgan fingerprint density at radius 2 is 1.84 bits per heavy atom.